The Balaban J connectivity index is 2.15. The predicted octanol–water partition coefficient (Wildman–Crippen LogP) is 2.16. The molecule has 0 aliphatic carbocycles. The lowest BCUT2D eigenvalue weighted by Crippen LogP contribution is -2.37. The summed E-state index contributed by atoms with van der Waals surface area (Å²) in [7, 11) is 0. The van der Waals surface area contributed by atoms with E-state index in [0.29, 0.717) is 6.61 Å². The number of thioether (sulfide) groups is 1. The van der Waals surface area contributed by atoms with Crippen molar-refractivity contribution in [2.45, 2.75) is 11.8 Å². The van der Waals surface area contributed by atoms with Crippen LogP contribution in [-0.2, 0) is 9.53 Å². The largest absolute Gasteiger partial charge is 0.372 e. The molecule has 0 spiro atoms. The molecule has 1 heterocycles. The van der Waals surface area contributed by atoms with Gasteiger partial charge in [-0.3, -0.25) is 4.79 Å². The molecule has 16 heavy (non-hydrogen) atoms. The number of amides is 1. The molecule has 0 unspecified atom stereocenters. The Labute approximate surface area is 99.8 Å². The van der Waals surface area contributed by atoms with Gasteiger partial charge in [0, 0.05) is 23.8 Å². The van der Waals surface area contributed by atoms with Crippen molar-refractivity contribution in [1.29, 1.82) is 0 Å². The average molecular weight is 237 g/mol. The fourth-order valence-electron chi connectivity index (χ4n) is 1.70. The Morgan fingerprint density at radius 2 is 2.31 bits per heavy atom. The van der Waals surface area contributed by atoms with Crippen molar-refractivity contribution >= 4 is 23.4 Å². The van der Waals surface area contributed by atoms with Crippen LogP contribution in [0.4, 0.5) is 5.69 Å². The van der Waals surface area contributed by atoms with Gasteiger partial charge in [-0.2, -0.15) is 0 Å². The molecule has 1 aromatic rings. The zero-order chi connectivity index (χ0) is 11.4. The summed E-state index contributed by atoms with van der Waals surface area (Å²) in [4.78, 5) is 14.9. The molecule has 0 fully saturated rings. The van der Waals surface area contributed by atoms with Crippen LogP contribution in [0.15, 0.2) is 29.2 Å². The van der Waals surface area contributed by atoms with E-state index in [0.717, 1.165) is 18.0 Å². The molecule has 3 nitrogen and oxygen atoms in total. The summed E-state index contributed by atoms with van der Waals surface area (Å²) in [5.41, 5.74) is 1.02. The van der Waals surface area contributed by atoms with Gasteiger partial charge in [-0.1, -0.05) is 12.1 Å². The minimum atomic E-state index is 0.0506. The highest BCUT2D eigenvalue weighted by molar-refractivity contribution is 7.99. The third kappa shape index (κ3) is 2.39. The molecule has 0 atom stereocenters. The third-order valence-electron chi connectivity index (χ3n) is 2.46. The lowest BCUT2D eigenvalue weighted by Gasteiger charge is -2.28. The van der Waals surface area contributed by atoms with Crippen LogP contribution < -0.4 is 4.90 Å². The van der Waals surface area contributed by atoms with Gasteiger partial charge in [0.25, 0.3) is 5.91 Å². The minimum Gasteiger partial charge on any atom is -0.372 e. The van der Waals surface area contributed by atoms with Crippen molar-refractivity contribution in [2.24, 2.45) is 0 Å². The van der Waals surface area contributed by atoms with Gasteiger partial charge in [0.2, 0.25) is 0 Å². The first-order valence-electron chi connectivity index (χ1n) is 5.43. The van der Waals surface area contributed by atoms with E-state index in [-0.39, 0.29) is 12.5 Å². The second-order valence-electron chi connectivity index (χ2n) is 3.50. The first-order chi connectivity index (χ1) is 7.83. The maximum atomic E-state index is 11.9. The van der Waals surface area contributed by atoms with E-state index < -0.39 is 0 Å². The van der Waals surface area contributed by atoms with Crippen molar-refractivity contribution in [3.8, 4) is 0 Å². The molecule has 86 valence electrons. The zero-order valence-electron chi connectivity index (χ0n) is 9.31. The van der Waals surface area contributed by atoms with E-state index in [2.05, 4.69) is 6.07 Å². The number of rotatable bonds is 3. The highest BCUT2D eigenvalue weighted by Gasteiger charge is 2.22. The van der Waals surface area contributed by atoms with Crippen molar-refractivity contribution in [1.82, 2.24) is 0 Å². The van der Waals surface area contributed by atoms with Gasteiger partial charge in [-0.15, -0.1) is 11.8 Å². The Kier molecular flexibility index (Phi) is 3.85. The molecule has 0 radical (unpaired) electrons. The number of carbonyl (C=O) groups is 1. The smallest absolute Gasteiger partial charge is 0.253 e. The van der Waals surface area contributed by atoms with E-state index in [9.17, 15) is 4.79 Å². The molecule has 1 aliphatic heterocycles. The fourth-order valence-corrected chi connectivity index (χ4v) is 2.69. The number of hydrogen-bond donors (Lipinski definition) is 0. The lowest BCUT2D eigenvalue weighted by molar-refractivity contribution is -0.122. The number of carbonyl (C=O) groups excluding carboxylic acids is 1. The number of nitrogens with zero attached hydrogens (tertiary/aromatic N) is 1. The highest BCUT2D eigenvalue weighted by atomic mass is 32.2. The van der Waals surface area contributed by atoms with Gasteiger partial charge >= 0.3 is 0 Å². The van der Waals surface area contributed by atoms with Crippen LogP contribution in [0.1, 0.15) is 6.92 Å². The van der Waals surface area contributed by atoms with Crippen molar-refractivity contribution < 1.29 is 9.53 Å². The molecule has 0 N–H and O–H groups in total. The summed E-state index contributed by atoms with van der Waals surface area (Å²) in [6, 6.07) is 8.01. The summed E-state index contributed by atoms with van der Waals surface area (Å²) in [5, 5.41) is 0. The van der Waals surface area contributed by atoms with Gasteiger partial charge in [-0.05, 0) is 19.1 Å². The number of ether oxygens (including phenoxy) is 1. The molecule has 0 aromatic heterocycles. The molecular weight excluding hydrogens is 222 g/mol. The highest BCUT2D eigenvalue weighted by Crippen LogP contribution is 2.34. The number of hydrogen-bond acceptors (Lipinski definition) is 3. The average Bonchev–Trinajstić information content (AvgIpc) is 2.35. The Morgan fingerprint density at radius 1 is 1.50 bits per heavy atom. The lowest BCUT2D eigenvalue weighted by atomic mass is 10.2. The van der Waals surface area contributed by atoms with Crippen LogP contribution in [0.5, 0.6) is 0 Å². The maximum Gasteiger partial charge on any atom is 0.253 e. The Hall–Kier alpha value is -1.00. The second-order valence-corrected chi connectivity index (χ2v) is 4.64. The van der Waals surface area contributed by atoms with Crippen LogP contribution in [-0.4, -0.2) is 31.4 Å². The van der Waals surface area contributed by atoms with Crippen molar-refractivity contribution in [3.05, 3.63) is 24.3 Å². The van der Waals surface area contributed by atoms with Gasteiger partial charge in [0.1, 0.15) is 6.61 Å². The number of fused-ring (bicyclic) bond motifs is 1. The predicted molar refractivity (Wildman–Crippen MR) is 66.0 cm³/mol. The van der Waals surface area contributed by atoms with Gasteiger partial charge in [-0.25, -0.2) is 0 Å². The standard InChI is InChI=1S/C12H15NO2S/c1-2-15-9-12(14)13-7-8-16-11-6-4-3-5-10(11)13/h3-6H,2,7-9H2,1H3. The first kappa shape index (κ1) is 11.5. The van der Waals surface area contributed by atoms with Gasteiger partial charge < -0.3 is 9.64 Å². The number of anilines is 1. The zero-order valence-corrected chi connectivity index (χ0v) is 10.1. The van der Waals surface area contributed by atoms with E-state index in [1.807, 2.05) is 30.0 Å². The van der Waals surface area contributed by atoms with Crippen molar-refractivity contribution in [2.75, 3.05) is 30.4 Å². The summed E-state index contributed by atoms with van der Waals surface area (Å²) in [6.45, 7) is 3.42. The molecule has 1 aromatic carbocycles. The topological polar surface area (TPSA) is 29.5 Å². The minimum absolute atomic E-state index is 0.0506. The Bertz CT molecular complexity index is 381. The second kappa shape index (κ2) is 5.37. The van der Waals surface area contributed by atoms with E-state index in [1.165, 1.54) is 4.90 Å². The maximum absolute atomic E-state index is 11.9. The summed E-state index contributed by atoms with van der Waals surface area (Å²) < 4.78 is 5.17. The molecule has 2 rings (SSSR count). The fraction of sp³-hybridized carbons (Fsp3) is 0.417. The molecule has 0 bridgehead atoms. The van der Waals surface area contributed by atoms with E-state index >= 15 is 0 Å². The molecule has 0 saturated carbocycles. The van der Waals surface area contributed by atoms with Crippen LogP contribution in [0, 0.1) is 0 Å². The van der Waals surface area contributed by atoms with E-state index in [1.54, 1.807) is 11.8 Å². The van der Waals surface area contributed by atoms with Crippen LogP contribution in [0.3, 0.4) is 0 Å². The number of para-hydroxylation sites is 1. The van der Waals surface area contributed by atoms with E-state index in [4.69, 9.17) is 4.74 Å². The van der Waals surface area contributed by atoms with Crippen LogP contribution >= 0.6 is 11.8 Å². The van der Waals surface area contributed by atoms with Crippen LogP contribution in [0.25, 0.3) is 0 Å². The quantitative estimate of drug-likeness (QED) is 0.807. The third-order valence-corrected chi connectivity index (χ3v) is 3.50. The number of benzene rings is 1. The first-order valence-corrected chi connectivity index (χ1v) is 6.41. The summed E-state index contributed by atoms with van der Waals surface area (Å²) in [5.74, 6) is 1.00. The molecule has 0 saturated heterocycles. The molecular formula is C12H15NO2S. The van der Waals surface area contributed by atoms with Gasteiger partial charge in [0.05, 0.1) is 5.69 Å². The summed E-state index contributed by atoms with van der Waals surface area (Å²) in [6.07, 6.45) is 0. The molecule has 1 amide bonds. The monoisotopic (exact) mass is 237 g/mol. The normalized spacial score (nSPS) is 14.7. The van der Waals surface area contributed by atoms with Crippen LogP contribution in [0.2, 0.25) is 0 Å². The van der Waals surface area contributed by atoms with Gasteiger partial charge in [0.15, 0.2) is 0 Å². The molecule has 1 aliphatic rings. The SMILES string of the molecule is CCOCC(=O)N1CCSc2ccccc21. The Morgan fingerprint density at radius 3 is 3.12 bits per heavy atom. The summed E-state index contributed by atoms with van der Waals surface area (Å²) >= 11 is 1.80. The molecule has 4 heteroatoms. The van der Waals surface area contributed by atoms with Crippen molar-refractivity contribution in [3.63, 3.8) is 0 Å².